The quantitative estimate of drug-likeness (QED) is 0.861. The van der Waals surface area contributed by atoms with E-state index in [1.54, 1.807) is 7.11 Å². The molecule has 1 fully saturated rings. The number of ether oxygens (including phenoxy) is 1. The Morgan fingerprint density at radius 3 is 2.55 bits per heavy atom. The van der Waals surface area contributed by atoms with Crippen molar-refractivity contribution >= 4 is 15.9 Å². The first-order valence-electron chi connectivity index (χ1n) is 7.35. The van der Waals surface area contributed by atoms with E-state index in [-0.39, 0.29) is 29.6 Å². The molecule has 2 amide bonds. The van der Waals surface area contributed by atoms with Crippen molar-refractivity contribution in [3.05, 3.63) is 29.8 Å². The molecule has 1 aromatic rings. The third kappa shape index (κ3) is 4.37. The average Bonchev–Trinajstić information content (AvgIpc) is 2.83. The van der Waals surface area contributed by atoms with Gasteiger partial charge in [0.1, 0.15) is 5.75 Å². The van der Waals surface area contributed by atoms with Gasteiger partial charge in [0.05, 0.1) is 24.7 Å². The smallest absolute Gasteiger partial charge is 0.315 e. The Labute approximate surface area is 131 Å². The Kier molecular flexibility index (Phi) is 5.28. The summed E-state index contributed by atoms with van der Waals surface area (Å²) in [6.45, 7) is 1.98. The minimum absolute atomic E-state index is 0.0275. The Morgan fingerprint density at radius 2 is 2.05 bits per heavy atom. The zero-order valence-electron chi connectivity index (χ0n) is 12.8. The van der Waals surface area contributed by atoms with Gasteiger partial charge in [0.15, 0.2) is 9.84 Å². The maximum atomic E-state index is 12.0. The van der Waals surface area contributed by atoms with Crippen LogP contribution in [0.1, 0.15) is 31.4 Å². The molecule has 1 heterocycles. The molecule has 2 atom stereocenters. The lowest BCUT2D eigenvalue weighted by molar-refractivity contribution is 0.233. The lowest BCUT2D eigenvalue weighted by Gasteiger charge is -2.20. The normalized spacial score (nSPS) is 21.1. The number of amides is 2. The van der Waals surface area contributed by atoms with Crippen LogP contribution in [0.2, 0.25) is 0 Å². The highest BCUT2D eigenvalue weighted by molar-refractivity contribution is 7.91. The molecule has 0 saturated carbocycles. The first-order chi connectivity index (χ1) is 10.4. The van der Waals surface area contributed by atoms with Gasteiger partial charge in [-0.15, -0.1) is 0 Å². The summed E-state index contributed by atoms with van der Waals surface area (Å²) in [6.07, 6.45) is 1.22. The third-order valence-electron chi connectivity index (χ3n) is 3.80. The van der Waals surface area contributed by atoms with Gasteiger partial charge in [-0.05, 0) is 30.5 Å². The number of carbonyl (C=O) groups is 1. The SMILES string of the molecule is CC[C@H](NC(=O)N[C@H]1CCS(=O)(=O)C1)c1ccc(OC)cc1. The van der Waals surface area contributed by atoms with Crippen LogP contribution in [-0.4, -0.2) is 39.1 Å². The van der Waals surface area contributed by atoms with Gasteiger partial charge in [-0.2, -0.15) is 0 Å². The monoisotopic (exact) mass is 326 g/mol. The lowest BCUT2D eigenvalue weighted by Crippen LogP contribution is -2.43. The second-order valence-electron chi connectivity index (χ2n) is 5.45. The van der Waals surface area contributed by atoms with E-state index in [2.05, 4.69) is 10.6 Å². The van der Waals surface area contributed by atoms with Crippen LogP contribution >= 0.6 is 0 Å². The van der Waals surface area contributed by atoms with E-state index in [0.717, 1.165) is 17.7 Å². The summed E-state index contributed by atoms with van der Waals surface area (Å²) in [6, 6.07) is 6.77. The molecule has 0 radical (unpaired) electrons. The molecule has 1 saturated heterocycles. The maximum absolute atomic E-state index is 12.0. The van der Waals surface area contributed by atoms with E-state index in [9.17, 15) is 13.2 Å². The van der Waals surface area contributed by atoms with Gasteiger partial charge in [-0.1, -0.05) is 19.1 Å². The van der Waals surface area contributed by atoms with E-state index in [4.69, 9.17) is 4.74 Å². The van der Waals surface area contributed by atoms with E-state index in [1.165, 1.54) is 0 Å². The largest absolute Gasteiger partial charge is 0.497 e. The molecule has 0 bridgehead atoms. The number of hydrogen-bond acceptors (Lipinski definition) is 4. The molecule has 1 aliphatic heterocycles. The molecule has 6 nitrogen and oxygen atoms in total. The molecule has 2 rings (SSSR count). The molecular weight excluding hydrogens is 304 g/mol. The fraction of sp³-hybridized carbons (Fsp3) is 0.533. The summed E-state index contributed by atoms with van der Waals surface area (Å²) >= 11 is 0. The number of benzene rings is 1. The lowest BCUT2D eigenvalue weighted by atomic mass is 10.0. The second kappa shape index (κ2) is 7.00. The zero-order chi connectivity index (χ0) is 16.2. The molecular formula is C15H22N2O4S. The van der Waals surface area contributed by atoms with Crippen molar-refractivity contribution < 1.29 is 17.9 Å². The Hall–Kier alpha value is -1.76. The van der Waals surface area contributed by atoms with E-state index in [1.807, 2.05) is 31.2 Å². The average molecular weight is 326 g/mol. The fourth-order valence-corrected chi connectivity index (χ4v) is 4.22. The molecule has 0 aromatic heterocycles. The first-order valence-corrected chi connectivity index (χ1v) is 9.17. The number of nitrogens with one attached hydrogen (secondary N) is 2. The Bertz CT molecular complexity index is 613. The molecule has 1 aliphatic rings. The van der Waals surface area contributed by atoms with Crippen LogP contribution in [0.25, 0.3) is 0 Å². The number of sulfone groups is 1. The second-order valence-corrected chi connectivity index (χ2v) is 7.68. The van der Waals surface area contributed by atoms with Crippen molar-refractivity contribution in [2.24, 2.45) is 0 Å². The molecule has 0 aliphatic carbocycles. The summed E-state index contributed by atoms with van der Waals surface area (Å²) in [5, 5.41) is 5.63. The van der Waals surface area contributed by atoms with Gasteiger partial charge in [0.2, 0.25) is 0 Å². The van der Waals surface area contributed by atoms with Crippen molar-refractivity contribution in [3.63, 3.8) is 0 Å². The molecule has 7 heteroatoms. The number of rotatable bonds is 5. The first kappa shape index (κ1) is 16.6. The van der Waals surface area contributed by atoms with Crippen LogP contribution < -0.4 is 15.4 Å². The Morgan fingerprint density at radius 1 is 1.36 bits per heavy atom. The zero-order valence-corrected chi connectivity index (χ0v) is 13.7. The van der Waals surface area contributed by atoms with Crippen molar-refractivity contribution in [3.8, 4) is 5.75 Å². The fourth-order valence-electron chi connectivity index (χ4n) is 2.55. The van der Waals surface area contributed by atoms with Gasteiger partial charge in [-0.25, -0.2) is 13.2 Å². The molecule has 0 unspecified atom stereocenters. The van der Waals surface area contributed by atoms with Crippen LogP contribution in [0.4, 0.5) is 4.79 Å². The number of carbonyl (C=O) groups excluding carboxylic acids is 1. The van der Waals surface area contributed by atoms with Crippen molar-refractivity contribution in [1.29, 1.82) is 0 Å². The van der Waals surface area contributed by atoms with Crippen LogP contribution in [0, 0.1) is 0 Å². The van der Waals surface area contributed by atoms with Gasteiger partial charge in [0, 0.05) is 6.04 Å². The van der Waals surface area contributed by atoms with Crippen LogP contribution in [0.3, 0.4) is 0 Å². The van der Waals surface area contributed by atoms with Crippen molar-refractivity contribution in [2.75, 3.05) is 18.6 Å². The Balaban J connectivity index is 1.93. The van der Waals surface area contributed by atoms with Crippen LogP contribution in [0.15, 0.2) is 24.3 Å². The predicted octanol–water partition coefficient (Wildman–Crippen LogP) is 1.63. The van der Waals surface area contributed by atoms with E-state index in [0.29, 0.717) is 6.42 Å². The standard InChI is InChI=1S/C15H22N2O4S/c1-3-14(11-4-6-13(21-2)7-5-11)17-15(18)16-12-8-9-22(19,20)10-12/h4-7,12,14H,3,8-10H2,1-2H3,(H2,16,17,18)/t12-,14-/m0/s1. The van der Waals surface area contributed by atoms with E-state index < -0.39 is 9.84 Å². The predicted molar refractivity (Wildman–Crippen MR) is 84.8 cm³/mol. The summed E-state index contributed by atoms with van der Waals surface area (Å²) in [5.41, 5.74) is 0.984. The van der Waals surface area contributed by atoms with Crippen LogP contribution in [-0.2, 0) is 9.84 Å². The highest BCUT2D eigenvalue weighted by atomic mass is 32.2. The number of urea groups is 1. The highest BCUT2D eigenvalue weighted by Gasteiger charge is 2.29. The number of hydrogen-bond donors (Lipinski definition) is 2. The summed E-state index contributed by atoms with van der Waals surface area (Å²) in [7, 11) is -1.39. The minimum Gasteiger partial charge on any atom is -0.497 e. The molecule has 22 heavy (non-hydrogen) atoms. The van der Waals surface area contributed by atoms with Gasteiger partial charge in [0.25, 0.3) is 0 Å². The van der Waals surface area contributed by atoms with Gasteiger partial charge in [-0.3, -0.25) is 0 Å². The van der Waals surface area contributed by atoms with Gasteiger partial charge < -0.3 is 15.4 Å². The maximum Gasteiger partial charge on any atom is 0.315 e. The third-order valence-corrected chi connectivity index (χ3v) is 5.57. The minimum atomic E-state index is -2.99. The highest BCUT2D eigenvalue weighted by Crippen LogP contribution is 2.20. The van der Waals surface area contributed by atoms with E-state index >= 15 is 0 Å². The van der Waals surface area contributed by atoms with Crippen molar-refractivity contribution in [1.82, 2.24) is 10.6 Å². The molecule has 122 valence electrons. The van der Waals surface area contributed by atoms with Gasteiger partial charge >= 0.3 is 6.03 Å². The summed E-state index contributed by atoms with van der Waals surface area (Å²) < 4.78 is 27.9. The topological polar surface area (TPSA) is 84.5 Å². The molecule has 1 aromatic carbocycles. The number of methoxy groups -OCH3 is 1. The van der Waals surface area contributed by atoms with Crippen LogP contribution in [0.5, 0.6) is 5.75 Å². The van der Waals surface area contributed by atoms with Crippen molar-refractivity contribution in [2.45, 2.75) is 31.8 Å². The summed E-state index contributed by atoms with van der Waals surface area (Å²) in [5.74, 6) is 0.937. The summed E-state index contributed by atoms with van der Waals surface area (Å²) in [4.78, 5) is 12.0. The molecule has 0 spiro atoms. The molecule has 2 N–H and O–H groups in total.